The molecule has 1 atom stereocenters. The van der Waals surface area contributed by atoms with Crippen LogP contribution in [0.25, 0.3) is 0 Å². The third-order valence-corrected chi connectivity index (χ3v) is 4.61. The van der Waals surface area contributed by atoms with E-state index in [-0.39, 0.29) is 11.2 Å². The highest BCUT2D eigenvalue weighted by Gasteiger charge is 2.17. The predicted octanol–water partition coefficient (Wildman–Crippen LogP) is 2.71. The first-order valence-corrected chi connectivity index (χ1v) is 8.68. The first-order valence-electron chi connectivity index (χ1n) is 6.92. The number of amides is 1. The van der Waals surface area contributed by atoms with Gasteiger partial charge in [0.2, 0.25) is 11.1 Å². The highest BCUT2D eigenvalue weighted by atomic mass is 32.2. The third kappa shape index (κ3) is 5.17. The van der Waals surface area contributed by atoms with Crippen LogP contribution in [-0.4, -0.2) is 32.9 Å². The average Bonchev–Trinajstić information content (AvgIpc) is 3.08. The number of aromatic nitrogens is 3. The first-order chi connectivity index (χ1) is 10.0. The van der Waals surface area contributed by atoms with E-state index in [0.717, 1.165) is 12.2 Å². The van der Waals surface area contributed by atoms with Crippen LogP contribution in [-0.2, 0) is 11.2 Å². The number of thioether (sulfide) groups is 1. The molecule has 0 aromatic carbocycles. The lowest BCUT2D eigenvalue weighted by Crippen LogP contribution is -2.33. The Bertz CT molecular complexity index is 565. The second-order valence-corrected chi connectivity index (χ2v) is 7.56. The molecule has 2 heterocycles. The highest BCUT2D eigenvalue weighted by molar-refractivity contribution is 8.00. The van der Waals surface area contributed by atoms with Gasteiger partial charge >= 0.3 is 0 Å². The Labute approximate surface area is 132 Å². The number of hydrogen-bond acceptors (Lipinski definition) is 5. The van der Waals surface area contributed by atoms with Crippen molar-refractivity contribution >= 4 is 29.0 Å². The smallest absolute Gasteiger partial charge is 0.233 e. The number of nitrogens with zero attached hydrogens (tertiary/aromatic N) is 2. The molecule has 0 unspecified atom stereocenters. The summed E-state index contributed by atoms with van der Waals surface area (Å²) in [6, 6.07) is 4.09. The van der Waals surface area contributed by atoms with Gasteiger partial charge in [0.15, 0.2) is 0 Å². The summed E-state index contributed by atoms with van der Waals surface area (Å²) >= 11 is 3.07. The van der Waals surface area contributed by atoms with Crippen molar-refractivity contribution in [2.75, 3.05) is 6.54 Å². The van der Waals surface area contributed by atoms with Crippen LogP contribution in [0.1, 0.15) is 31.5 Å². The van der Waals surface area contributed by atoms with Crippen LogP contribution >= 0.6 is 23.1 Å². The topological polar surface area (TPSA) is 70.7 Å². The van der Waals surface area contributed by atoms with Crippen LogP contribution in [0.3, 0.4) is 0 Å². The van der Waals surface area contributed by atoms with Crippen LogP contribution in [0, 0.1) is 5.92 Å². The minimum absolute atomic E-state index is 0.0262. The van der Waals surface area contributed by atoms with Crippen LogP contribution in [0.2, 0.25) is 0 Å². The van der Waals surface area contributed by atoms with Gasteiger partial charge < -0.3 is 5.32 Å². The SMILES string of the molecule is CC(C)CNC(=O)[C@H](C)Sc1n[nH]c(Cc2cccs2)n1. The molecule has 0 saturated heterocycles. The second kappa shape index (κ2) is 7.61. The fraction of sp³-hybridized carbons (Fsp3) is 0.500. The summed E-state index contributed by atoms with van der Waals surface area (Å²) < 4.78 is 0. The van der Waals surface area contributed by atoms with Crippen molar-refractivity contribution in [3.05, 3.63) is 28.2 Å². The van der Waals surface area contributed by atoms with Gasteiger partial charge in [0, 0.05) is 17.8 Å². The number of hydrogen-bond donors (Lipinski definition) is 2. The van der Waals surface area contributed by atoms with Crippen LogP contribution in [0.15, 0.2) is 22.7 Å². The van der Waals surface area contributed by atoms with Gasteiger partial charge in [0.1, 0.15) is 5.82 Å². The average molecular weight is 324 g/mol. The Hall–Kier alpha value is -1.34. The fourth-order valence-electron chi connectivity index (χ4n) is 1.65. The van der Waals surface area contributed by atoms with Crippen LogP contribution in [0.5, 0.6) is 0 Å². The molecule has 1 amide bonds. The van der Waals surface area contributed by atoms with Crippen molar-refractivity contribution in [2.24, 2.45) is 5.92 Å². The number of thiophene rings is 1. The maximum atomic E-state index is 11.9. The minimum Gasteiger partial charge on any atom is -0.355 e. The molecule has 2 rings (SSSR count). The molecule has 0 bridgehead atoms. The van der Waals surface area contributed by atoms with Gasteiger partial charge in [-0.15, -0.1) is 16.4 Å². The maximum Gasteiger partial charge on any atom is 0.233 e. The molecule has 21 heavy (non-hydrogen) atoms. The maximum absolute atomic E-state index is 11.9. The van der Waals surface area contributed by atoms with E-state index < -0.39 is 0 Å². The van der Waals surface area contributed by atoms with Crippen molar-refractivity contribution in [1.29, 1.82) is 0 Å². The van der Waals surface area contributed by atoms with Gasteiger partial charge in [0.05, 0.1) is 5.25 Å². The quantitative estimate of drug-likeness (QED) is 0.768. The predicted molar refractivity (Wildman–Crippen MR) is 86.7 cm³/mol. The summed E-state index contributed by atoms with van der Waals surface area (Å²) in [5.74, 6) is 1.31. The zero-order chi connectivity index (χ0) is 15.2. The fourth-order valence-corrected chi connectivity index (χ4v) is 3.12. The Balaban J connectivity index is 1.85. The molecule has 0 aliphatic rings. The van der Waals surface area contributed by atoms with E-state index in [0.29, 0.717) is 17.6 Å². The first kappa shape index (κ1) is 16.0. The van der Waals surface area contributed by atoms with Gasteiger partial charge in [-0.3, -0.25) is 9.89 Å². The lowest BCUT2D eigenvalue weighted by molar-refractivity contribution is -0.120. The Morgan fingerprint density at radius 1 is 1.48 bits per heavy atom. The van der Waals surface area contributed by atoms with E-state index in [9.17, 15) is 4.79 Å². The molecule has 2 N–H and O–H groups in total. The monoisotopic (exact) mass is 324 g/mol. The van der Waals surface area contributed by atoms with Gasteiger partial charge in [-0.25, -0.2) is 4.98 Å². The molecule has 2 aromatic heterocycles. The van der Waals surface area contributed by atoms with Crippen LogP contribution < -0.4 is 5.32 Å². The number of H-pyrrole nitrogens is 1. The standard InChI is InChI=1S/C14H20N4OS2/c1-9(2)8-15-13(19)10(3)21-14-16-12(17-18-14)7-11-5-4-6-20-11/h4-6,9-10H,7-8H2,1-3H3,(H,15,19)(H,16,17,18)/t10-/m0/s1. The molecule has 0 aliphatic heterocycles. The highest BCUT2D eigenvalue weighted by Crippen LogP contribution is 2.20. The van der Waals surface area contributed by atoms with E-state index in [1.807, 2.05) is 18.4 Å². The molecule has 5 nitrogen and oxygen atoms in total. The summed E-state index contributed by atoms with van der Waals surface area (Å²) in [5.41, 5.74) is 0. The van der Waals surface area contributed by atoms with E-state index in [1.54, 1.807) is 11.3 Å². The molecule has 114 valence electrons. The molecule has 0 radical (unpaired) electrons. The van der Waals surface area contributed by atoms with Crippen molar-refractivity contribution < 1.29 is 4.79 Å². The van der Waals surface area contributed by atoms with Gasteiger partial charge in [-0.1, -0.05) is 31.7 Å². The lowest BCUT2D eigenvalue weighted by atomic mass is 10.2. The van der Waals surface area contributed by atoms with Gasteiger partial charge in [-0.2, -0.15) is 0 Å². The Morgan fingerprint density at radius 2 is 2.29 bits per heavy atom. The zero-order valence-corrected chi connectivity index (χ0v) is 14.1. The number of carbonyl (C=O) groups excluding carboxylic acids is 1. The van der Waals surface area contributed by atoms with E-state index in [4.69, 9.17) is 0 Å². The molecule has 0 aliphatic carbocycles. The van der Waals surface area contributed by atoms with Gasteiger partial charge in [0.25, 0.3) is 0 Å². The largest absolute Gasteiger partial charge is 0.355 e. The Kier molecular flexibility index (Phi) is 5.81. The molecule has 2 aromatic rings. The number of carbonyl (C=O) groups is 1. The molecule has 0 spiro atoms. The number of rotatable bonds is 7. The van der Waals surface area contributed by atoms with Crippen molar-refractivity contribution in [3.8, 4) is 0 Å². The molecule has 7 heteroatoms. The molecule has 0 saturated carbocycles. The molecule has 0 fully saturated rings. The Morgan fingerprint density at radius 3 is 2.95 bits per heavy atom. The van der Waals surface area contributed by atoms with Crippen molar-refractivity contribution in [3.63, 3.8) is 0 Å². The second-order valence-electron chi connectivity index (χ2n) is 5.22. The minimum atomic E-state index is -0.200. The normalized spacial score (nSPS) is 12.6. The summed E-state index contributed by atoms with van der Waals surface area (Å²) in [6.07, 6.45) is 0.749. The van der Waals surface area contributed by atoms with Crippen molar-refractivity contribution in [1.82, 2.24) is 20.5 Å². The number of nitrogens with one attached hydrogen (secondary N) is 2. The molecular formula is C14H20N4OS2. The lowest BCUT2D eigenvalue weighted by Gasteiger charge is -2.11. The van der Waals surface area contributed by atoms with Crippen molar-refractivity contribution in [2.45, 2.75) is 37.6 Å². The van der Waals surface area contributed by atoms with Gasteiger partial charge in [-0.05, 0) is 24.3 Å². The molecular weight excluding hydrogens is 304 g/mol. The summed E-state index contributed by atoms with van der Waals surface area (Å²) in [4.78, 5) is 17.6. The van der Waals surface area contributed by atoms with E-state index >= 15 is 0 Å². The van der Waals surface area contributed by atoms with E-state index in [2.05, 4.69) is 40.4 Å². The summed E-state index contributed by atoms with van der Waals surface area (Å²) in [6.45, 7) is 6.71. The zero-order valence-electron chi connectivity index (χ0n) is 12.4. The van der Waals surface area contributed by atoms with E-state index in [1.165, 1.54) is 16.6 Å². The summed E-state index contributed by atoms with van der Waals surface area (Å²) in [5, 5.41) is 12.5. The van der Waals surface area contributed by atoms with Crippen LogP contribution in [0.4, 0.5) is 0 Å². The number of aromatic amines is 1. The summed E-state index contributed by atoms with van der Waals surface area (Å²) in [7, 11) is 0. The third-order valence-electron chi connectivity index (χ3n) is 2.77.